The first-order valence-electron chi connectivity index (χ1n) is 24.5. The number of nitrogens with one attached hydrogen (secondary N) is 1. The van der Waals surface area contributed by atoms with Crippen LogP contribution in [-0.2, 0) is 39.6 Å². The number of methoxy groups -OCH3 is 2. The summed E-state index contributed by atoms with van der Waals surface area (Å²) >= 11 is 6.98. The molecule has 15 atom stereocenters. The van der Waals surface area contributed by atoms with Crippen LogP contribution in [0.5, 0.6) is 28.7 Å². The van der Waals surface area contributed by atoms with Gasteiger partial charge in [-0.2, -0.15) is 0 Å². The number of epoxide rings is 1. The number of benzene rings is 3. The number of aliphatic hydroxyl groups excluding tert-OH is 2. The Morgan fingerprint density at radius 3 is 2.44 bits per heavy atom. The predicted molar refractivity (Wildman–Crippen MR) is 263 cm³/mol. The molecule has 3 saturated heterocycles. The molecule has 7 aliphatic rings. The number of rotatable bonds is 11. The molecule has 5 bridgehead atoms. The second-order valence-corrected chi connectivity index (χ2v) is 20.6. The van der Waals surface area contributed by atoms with Crippen molar-refractivity contribution in [1.29, 1.82) is 0 Å². The molecule has 0 aromatic heterocycles. The Labute approximate surface area is 429 Å². The first-order chi connectivity index (χ1) is 34.7. The number of phenols is 1. The van der Waals surface area contributed by atoms with E-state index in [1.807, 2.05) is 39.8 Å². The van der Waals surface area contributed by atoms with Crippen molar-refractivity contribution in [1.82, 2.24) is 10.2 Å². The van der Waals surface area contributed by atoms with Crippen molar-refractivity contribution in [2.24, 2.45) is 5.92 Å². The monoisotopic (exact) mass is 1030 g/mol. The summed E-state index contributed by atoms with van der Waals surface area (Å²) < 4.78 is 62.3. The van der Waals surface area contributed by atoms with Gasteiger partial charge in [0.15, 0.2) is 35.8 Å². The maximum absolute atomic E-state index is 14.6. The maximum atomic E-state index is 14.6. The van der Waals surface area contributed by atoms with E-state index in [0.29, 0.717) is 27.7 Å². The minimum atomic E-state index is -1.53. The van der Waals surface area contributed by atoms with Gasteiger partial charge in [-0.15, -0.1) is 0 Å². The number of phenolic OH excluding ortho intramolecular Hbond substituents is 1. The quantitative estimate of drug-likeness (QED) is 0.103. The third kappa shape index (κ3) is 10.4. The van der Waals surface area contributed by atoms with Crippen molar-refractivity contribution in [3.63, 3.8) is 0 Å². The second kappa shape index (κ2) is 20.8. The van der Waals surface area contributed by atoms with Crippen molar-refractivity contribution in [3.05, 3.63) is 64.2 Å². The van der Waals surface area contributed by atoms with Crippen LogP contribution in [0.1, 0.15) is 69.8 Å². The molecule has 5 N–H and O–H groups in total. The van der Waals surface area contributed by atoms with Crippen LogP contribution in [0.2, 0.25) is 5.02 Å². The van der Waals surface area contributed by atoms with Crippen LogP contribution in [0, 0.1) is 29.6 Å². The van der Waals surface area contributed by atoms with E-state index in [4.69, 9.17) is 59.0 Å². The van der Waals surface area contributed by atoms with Gasteiger partial charge in [0.05, 0.1) is 66.8 Å². The van der Waals surface area contributed by atoms with Gasteiger partial charge in [0.2, 0.25) is 5.75 Å². The number of carbonyl (C=O) groups is 2. The molecule has 3 unspecified atom stereocenters. The van der Waals surface area contributed by atoms with Crippen molar-refractivity contribution in [3.8, 4) is 52.4 Å². The fraction of sp³-hybridized carbons (Fsp3) is 0.556. The number of amides is 1. The SMILES string of the molecule is COc1c(OC(C)C)cc2cc(O)c(C(=O)NC3Cc4ccc(c(Cl)c4)O[C@H]4C=C5C#CC(CC#C[C@@H]6O[C@]56[C@@H]4O[C@H]4C[C@@](C)(O)[C@@H](O)[C@H](C)O4)C(O[C@H]4C[C@H](O)[C@H](N(C)C)[C@H](C)O4)COC3=O)cc2c1OC. The zero-order valence-electron chi connectivity index (χ0n) is 42.2. The molecule has 19 heteroatoms. The third-order valence-electron chi connectivity index (χ3n) is 14.3. The number of carbonyl (C=O) groups excluding carboxylic acids is 2. The van der Waals surface area contributed by atoms with Crippen molar-refractivity contribution in [2.45, 2.75) is 151 Å². The van der Waals surface area contributed by atoms with Gasteiger partial charge in [-0.1, -0.05) is 41.3 Å². The Morgan fingerprint density at radius 2 is 1.75 bits per heavy atom. The zero-order valence-corrected chi connectivity index (χ0v) is 42.9. The molecule has 3 aromatic carbocycles. The van der Waals surface area contributed by atoms with Crippen LogP contribution in [0.4, 0.5) is 0 Å². The van der Waals surface area contributed by atoms with Gasteiger partial charge in [0, 0.05) is 36.6 Å². The summed E-state index contributed by atoms with van der Waals surface area (Å²) in [5, 5.41) is 48.4. The number of halogens is 1. The van der Waals surface area contributed by atoms with Gasteiger partial charge in [0.1, 0.15) is 48.6 Å². The van der Waals surface area contributed by atoms with Crippen LogP contribution in [0.15, 0.2) is 48.0 Å². The molecule has 3 fully saturated rings. The van der Waals surface area contributed by atoms with E-state index in [-0.39, 0.29) is 78.0 Å². The molecule has 1 spiro atoms. The number of hydrogen-bond donors (Lipinski definition) is 5. The fourth-order valence-electron chi connectivity index (χ4n) is 10.6. The number of hydrogen-bond acceptors (Lipinski definition) is 17. The summed E-state index contributed by atoms with van der Waals surface area (Å²) in [5.41, 5.74) is -1.91. The predicted octanol–water partition coefficient (Wildman–Crippen LogP) is 4.20. The second-order valence-electron chi connectivity index (χ2n) is 20.2. The summed E-state index contributed by atoms with van der Waals surface area (Å²) in [7, 11) is 6.63. The molecule has 0 saturated carbocycles. The highest BCUT2D eigenvalue weighted by Crippen LogP contribution is 2.54. The molecule has 18 nitrogen and oxygen atoms in total. The Morgan fingerprint density at radius 1 is 1.00 bits per heavy atom. The molecule has 73 heavy (non-hydrogen) atoms. The fourth-order valence-corrected chi connectivity index (χ4v) is 10.9. The van der Waals surface area contributed by atoms with E-state index >= 15 is 0 Å². The average Bonchev–Trinajstić information content (AvgIpc) is 3.95. The Balaban J connectivity index is 1.08. The molecular weight excluding hydrogens is 968 g/mol. The van der Waals surface area contributed by atoms with Crippen LogP contribution >= 0.6 is 11.6 Å². The minimum Gasteiger partial charge on any atom is -0.507 e. The number of aliphatic hydroxyl groups is 3. The van der Waals surface area contributed by atoms with Crippen LogP contribution in [0.25, 0.3) is 10.8 Å². The normalized spacial score (nSPS) is 34.7. The van der Waals surface area contributed by atoms with Gasteiger partial charge in [-0.25, -0.2) is 4.79 Å². The highest BCUT2D eigenvalue weighted by atomic mass is 35.5. The van der Waals surface area contributed by atoms with Gasteiger partial charge >= 0.3 is 5.97 Å². The number of likely N-dealkylation sites (N-methyl/N-ethyl adjacent to an activating group) is 1. The topological polar surface area (TPSA) is 226 Å². The van der Waals surface area contributed by atoms with Gasteiger partial charge in [-0.05, 0) is 96.1 Å². The Kier molecular flexibility index (Phi) is 14.9. The Bertz CT molecular complexity index is 2770. The van der Waals surface area contributed by atoms with Crippen molar-refractivity contribution >= 4 is 34.2 Å². The standard InChI is InChI=1S/C54H63ClN2O16/c1-26(2)67-40-20-31-19-37(58)34(22-33(31)47(64-8)48(40)65-9)51(61)56-36-18-29-13-16-39(35(55)17-29)70-41-21-32-15-14-30(42(25-66-52(36)62)71-44-23-38(59)46(57(6)7)27(3)68-44)11-10-12-43-54(32,73-43)50(41)72-45-24-53(5,63)49(60)28(4)69-45/h13,16-17,19-22,26-28,30,36,38,41-46,49-50,58-60,63H,11,18,23-25H2,1-9H3,(H,56,61)/t27-,28-,30?,36?,38-,41-,42?,43-,44-,45-,46+,49-,50+,53+,54+/m0/s1. The zero-order chi connectivity index (χ0) is 52.3. The maximum Gasteiger partial charge on any atom is 0.329 e. The summed E-state index contributed by atoms with van der Waals surface area (Å²) in [5.74, 6) is 11.5. The molecule has 1 amide bonds. The van der Waals surface area contributed by atoms with Gasteiger partial charge in [0.25, 0.3) is 5.91 Å². The molecule has 5 aliphatic heterocycles. The summed E-state index contributed by atoms with van der Waals surface area (Å²) in [6.45, 7) is 8.36. The number of esters is 1. The number of nitrogens with zero attached hydrogens (tertiary/aromatic N) is 1. The van der Waals surface area contributed by atoms with Gasteiger partial charge < -0.3 is 78.0 Å². The lowest BCUT2D eigenvalue weighted by Crippen LogP contribution is -2.57. The average molecular weight is 1030 g/mol. The van der Waals surface area contributed by atoms with Crippen LogP contribution in [-0.4, -0.2) is 163 Å². The molecular formula is C54H63ClN2O16. The van der Waals surface area contributed by atoms with Crippen molar-refractivity contribution < 1.29 is 77.4 Å². The number of ether oxygens (including phenoxy) is 10. The van der Waals surface area contributed by atoms with Crippen LogP contribution < -0.4 is 24.3 Å². The first-order valence-corrected chi connectivity index (χ1v) is 24.9. The van der Waals surface area contributed by atoms with E-state index in [2.05, 4.69) is 29.0 Å². The van der Waals surface area contributed by atoms with E-state index in [1.54, 1.807) is 37.3 Å². The Hall–Kier alpha value is -5.35. The van der Waals surface area contributed by atoms with E-state index in [1.165, 1.54) is 33.3 Å². The van der Waals surface area contributed by atoms with E-state index in [0.717, 1.165) is 0 Å². The lowest BCUT2D eigenvalue weighted by atomic mass is 9.88. The minimum absolute atomic E-state index is 0.0634. The van der Waals surface area contributed by atoms with Crippen LogP contribution in [0.3, 0.4) is 0 Å². The van der Waals surface area contributed by atoms with Crippen molar-refractivity contribution in [2.75, 3.05) is 34.9 Å². The lowest BCUT2D eigenvalue weighted by molar-refractivity contribution is -0.290. The molecule has 392 valence electrons. The highest BCUT2D eigenvalue weighted by molar-refractivity contribution is 6.32. The molecule has 5 heterocycles. The van der Waals surface area contributed by atoms with E-state index in [9.17, 15) is 30.0 Å². The van der Waals surface area contributed by atoms with E-state index < -0.39 is 96.5 Å². The highest BCUT2D eigenvalue weighted by Gasteiger charge is 2.70. The number of aromatic hydroxyl groups is 1. The van der Waals surface area contributed by atoms with Gasteiger partial charge in [-0.3, -0.25) is 4.79 Å². The molecule has 0 radical (unpaired) electrons. The summed E-state index contributed by atoms with van der Waals surface area (Å²) in [6, 6.07) is 7.76. The molecule has 3 aromatic rings. The largest absolute Gasteiger partial charge is 0.507 e. The number of fused-ring (bicyclic) bond motifs is 8. The lowest BCUT2D eigenvalue weighted by Gasteiger charge is -2.43. The molecule has 10 rings (SSSR count). The molecule has 2 aliphatic carbocycles. The smallest absolute Gasteiger partial charge is 0.329 e. The summed E-state index contributed by atoms with van der Waals surface area (Å²) in [6.07, 6.45) is -7.00. The first kappa shape index (κ1) is 52.5. The third-order valence-corrected chi connectivity index (χ3v) is 14.6. The summed E-state index contributed by atoms with van der Waals surface area (Å²) in [4.78, 5) is 30.9.